The molecular weight excluding hydrogens is 306 g/mol. The summed E-state index contributed by atoms with van der Waals surface area (Å²) in [5, 5.41) is 7.26. The Morgan fingerprint density at radius 3 is 3.08 bits per heavy atom. The van der Waals surface area contributed by atoms with Crippen LogP contribution in [-0.2, 0) is 17.7 Å². The van der Waals surface area contributed by atoms with E-state index in [-0.39, 0.29) is 6.10 Å². The summed E-state index contributed by atoms with van der Waals surface area (Å²) in [7, 11) is 1.78. The van der Waals surface area contributed by atoms with E-state index in [9.17, 15) is 0 Å². The highest BCUT2D eigenvalue weighted by Crippen LogP contribution is 2.27. The Morgan fingerprint density at radius 2 is 2.29 bits per heavy atom. The first-order chi connectivity index (χ1) is 11.7. The zero-order valence-electron chi connectivity index (χ0n) is 14.3. The Bertz CT molecular complexity index is 713. The molecule has 128 valence electrons. The fourth-order valence-electron chi connectivity index (χ4n) is 2.84. The Labute approximate surface area is 141 Å². The number of fused-ring (bicyclic) bond motifs is 1. The first kappa shape index (κ1) is 16.4. The highest BCUT2D eigenvalue weighted by atomic mass is 16.5. The van der Waals surface area contributed by atoms with E-state index in [4.69, 9.17) is 9.26 Å². The number of nitrogens with zero attached hydrogens (tertiary/aromatic N) is 4. The van der Waals surface area contributed by atoms with Gasteiger partial charge in [0.2, 0.25) is 5.89 Å². The number of guanidine groups is 1. The number of ether oxygens (including phenoxy) is 1. The molecule has 2 heterocycles. The molecule has 0 spiro atoms. The lowest BCUT2D eigenvalue weighted by Crippen LogP contribution is -2.40. The topological polar surface area (TPSA) is 75.8 Å². The molecule has 2 aromatic rings. The predicted octanol–water partition coefficient (Wildman–Crippen LogP) is 2.31. The maximum Gasteiger partial charge on any atom is 0.246 e. The van der Waals surface area contributed by atoms with Crippen molar-refractivity contribution in [3.05, 3.63) is 41.5 Å². The molecule has 0 amide bonds. The zero-order chi connectivity index (χ0) is 16.9. The average Bonchev–Trinajstić information content (AvgIpc) is 3.23. The van der Waals surface area contributed by atoms with Crippen molar-refractivity contribution in [3.8, 4) is 0 Å². The van der Waals surface area contributed by atoms with E-state index < -0.39 is 0 Å². The second kappa shape index (κ2) is 7.44. The van der Waals surface area contributed by atoms with Gasteiger partial charge in [0.05, 0.1) is 6.54 Å². The van der Waals surface area contributed by atoms with Gasteiger partial charge in [-0.15, -0.1) is 0 Å². The molecular formula is C17H23N5O2. The first-order valence-corrected chi connectivity index (χ1v) is 8.23. The minimum Gasteiger partial charge on any atom is -0.371 e. The highest BCUT2D eigenvalue weighted by molar-refractivity contribution is 5.97. The molecule has 1 atom stereocenters. The Kier molecular flexibility index (Phi) is 5.10. The molecule has 1 unspecified atom stereocenters. The van der Waals surface area contributed by atoms with Crippen LogP contribution in [0.15, 0.2) is 33.8 Å². The largest absolute Gasteiger partial charge is 0.371 e. The predicted molar refractivity (Wildman–Crippen MR) is 92.0 cm³/mol. The molecule has 7 heteroatoms. The Balaban J connectivity index is 1.64. The van der Waals surface area contributed by atoms with Crippen molar-refractivity contribution < 1.29 is 9.26 Å². The number of benzene rings is 1. The van der Waals surface area contributed by atoms with Gasteiger partial charge in [0.15, 0.2) is 11.8 Å². The minimum absolute atomic E-state index is 0.169. The number of aromatic nitrogens is 2. The van der Waals surface area contributed by atoms with E-state index in [1.54, 1.807) is 7.05 Å². The van der Waals surface area contributed by atoms with Crippen molar-refractivity contribution in [2.45, 2.75) is 32.9 Å². The van der Waals surface area contributed by atoms with Crippen molar-refractivity contribution in [3.63, 3.8) is 0 Å². The fourth-order valence-corrected chi connectivity index (χ4v) is 2.84. The van der Waals surface area contributed by atoms with Crippen LogP contribution in [0.2, 0.25) is 0 Å². The van der Waals surface area contributed by atoms with Gasteiger partial charge in [-0.2, -0.15) is 4.98 Å². The molecule has 7 nitrogen and oxygen atoms in total. The van der Waals surface area contributed by atoms with Crippen molar-refractivity contribution >= 4 is 11.6 Å². The van der Waals surface area contributed by atoms with Crippen molar-refractivity contribution in [2.24, 2.45) is 4.99 Å². The summed E-state index contributed by atoms with van der Waals surface area (Å²) in [6.45, 7) is 5.81. The summed E-state index contributed by atoms with van der Waals surface area (Å²) >= 11 is 0. The summed E-state index contributed by atoms with van der Waals surface area (Å²) in [5.41, 5.74) is 2.54. The van der Waals surface area contributed by atoms with E-state index >= 15 is 0 Å². The van der Waals surface area contributed by atoms with Crippen molar-refractivity contribution in [1.29, 1.82) is 0 Å². The Hall–Kier alpha value is -2.41. The number of aliphatic imine (C=N–C) groups is 1. The normalized spacial score (nSPS) is 15.5. The first-order valence-electron chi connectivity index (χ1n) is 8.23. The van der Waals surface area contributed by atoms with Crippen LogP contribution in [-0.4, -0.2) is 36.3 Å². The lowest BCUT2D eigenvalue weighted by molar-refractivity contribution is 0.0683. The van der Waals surface area contributed by atoms with E-state index in [1.807, 2.05) is 19.9 Å². The standard InChI is InChI=1S/C17H23N5O2/c1-4-23-12(2)16-20-15(24-21-16)11-19-17(18-3)22-10-9-13-7-5-6-8-14(13)22/h5-8,12H,4,9-11H2,1-3H3,(H,18,19). The molecule has 0 bridgehead atoms. The van der Waals surface area contributed by atoms with Crippen molar-refractivity contribution in [2.75, 3.05) is 25.1 Å². The minimum atomic E-state index is -0.169. The fraction of sp³-hybridized carbons (Fsp3) is 0.471. The maximum absolute atomic E-state index is 5.47. The van der Waals surface area contributed by atoms with Gasteiger partial charge < -0.3 is 19.5 Å². The van der Waals surface area contributed by atoms with Gasteiger partial charge in [-0.25, -0.2) is 0 Å². The molecule has 1 N–H and O–H groups in total. The molecule has 1 aromatic heterocycles. The lowest BCUT2D eigenvalue weighted by Gasteiger charge is -2.21. The quantitative estimate of drug-likeness (QED) is 0.670. The summed E-state index contributed by atoms with van der Waals surface area (Å²) in [4.78, 5) is 10.9. The van der Waals surface area contributed by atoms with Gasteiger partial charge in [-0.05, 0) is 31.9 Å². The van der Waals surface area contributed by atoms with E-state index in [0.29, 0.717) is 24.9 Å². The SMILES string of the molecule is CCOC(C)c1noc(CNC(=NC)N2CCc3ccccc32)n1. The number of nitrogens with one attached hydrogen (secondary N) is 1. The van der Waals surface area contributed by atoms with E-state index in [2.05, 4.69) is 43.5 Å². The zero-order valence-corrected chi connectivity index (χ0v) is 14.3. The lowest BCUT2D eigenvalue weighted by atomic mass is 10.2. The average molecular weight is 329 g/mol. The second-order valence-corrected chi connectivity index (χ2v) is 5.58. The third kappa shape index (κ3) is 3.41. The highest BCUT2D eigenvalue weighted by Gasteiger charge is 2.23. The van der Waals surface area contributed by atoms with Crippen LogP contribution in [0.1, 0.15) is 37.2 Å². The van der Waals surface area contributed by atoms with Crippen LogP contribution in [0.5, 0.6) is 0 Å². The number of hydrogen-bond donors (Lipinski definition) is 1. The van der Waals surface area contributed by atoms with Crippen LogP contribution in [0.3, 0.4) is 0 Å². The van der Waals surface area contributed by atoms with Crippen LogP contribution >= 0.6 is 0 Å². The summed E-state index contributed by atoms with van der Waals surface area (Å²) in [6.07, 6.45) is 0.852. The summed E-state index contributed by atoms with van der Waals surface area (Å²) in [6, 6.07) is 8.38. The molecule has 0 saturated carbocycles. The molecule has 1 aliphatic rings. The van der Waals surface area contributed by atoms with Gasteiger partial charge >= 0.3 is 0 Å². The van der Waals surface area contributed by atoms with Gasteiger partial charge in [-0.3, -0.25) is 4.99 Å². The molecule has 1 aromatic carbocycles. The smallest absolute Gasteiger partial charge is 0.246 e. The van der Waals surface area contributed by atoms with Gasteiger partial charge in [0, 0.05) is 25.9 Å². The second-order valence-electron chi connectivity index (χ2n) is 5.58. The van der Waals surface area contributed by atoms with Gasteiger partial charge in [0.1, 0.15) is 6.10 Å². The van der Waals surface area contributed by atoms with Crippen LogP contribution < -0.4 is 10.2 Å². The monoisotopic (exact) mass is 329 g/mol. The molecule has 1 aliphatic heterocycles. The molecule has 0 aliphatic carbocycles. The van der Waals surface area contributed by atoms with Gasteiger partial charge in [0.25, 0.3) is 0 Å². The van der Waals surface area contributed by atoms with E-state index in [0.717, 1.165) is 18.9 Å². The number of para-hydroxylation sites is 1. The number of hydrogen-bond acceptors (Lipinski definition) is 5. The van der Waals surface area contributed by atoms with Crippen LogP contribution in [0.4, 0.5) is 5.69 Å². The van der Waals surface area contributed by atoms with Crippen LogP contribution in [0.25, 0.3) is 0 Å². The Morgan fingerprint density at radius 1 is 1.46 bits per heavy atom. The summed E-state index contributed by atoms with van der Waals surface area (Å²) < 4.78 is 10.8. The third-order valence-corrected chi connectivity index (χ3v) is 4.02. The summed E-state index contributed by atoms with van der Waals surface area (Å²) in [5.74, 6) is 1.89. The van der Waals surface area contributed by atoms with Gasteiger partial charge in [-0.1, -0.05) is 23.4 Å². The molecule has 3 rings (SSSR count). The number of anilines is 1. The third-order valence-electron chi connectivity index (χ3n) is 4.02. The van der Waals surface area contributed by atoms with Crippen molar-refractivity contribution in [1.82, 2.24) is 15.5 Å². The molecule has 0 saturated heterocycles. The van der Waals surface area contributed by atoms with E-state index in [1.165, 1.54) is 11.3 Å². The van der Waals surface area contributed by atoms with Crippen LogP contribution in [0, 0.1) is 0 Å². The molecule has 0 fully saturated rings. The molecule has 24 heavy (non-hydrogen) atoms. The number of rotatable bonds is 5. The molecule has 0 radical (unpaired) electrons. The maximum atomic E-state index is 5.47.